The molecule has 6 aromatic carbocycles. The number of benzene rings is 6. The van der Waals surface area contributed by atoms with Crippen LogP contribution in [0.3, 0.4) is 0 Å². The highest BCUT2D eigenvalue weighted by Crippen LogP contribution is 2.70. The topological polar surface area (TPSA) is 3.24 Å². The molecule has 2 spiro atoms. The fraction of sp³-hybridized carbons (Fsp3) is 0.379. The normalized spacial score (nSPS) is 33.4. The second-order valence-corrected chi connectivity index (χ2v) is 20.8. The van der Waals surface area contributed by atoms with Crippen molar-refractivity contribution in [1.29, 1.82) is 0 Å². The summed E-state index contributed by atoms with van der Waals surface area (Å²) in [6.07, 6.45) is 17.0. The molecule has 10 aliphatic rings. The molecule has 0 aromatic heterocycles. The van der Waals surface area contributed by atoms with Crippen molar-refractivity contribution in [3.8, 4) is 33.4 Å². The molecular weight excluding hydrogens is 711 g/mol. The zero-order chi connectivity index (χ0) is 38.5. The van der Waals surface area contributed by atoms with Gasteiger partial charge in [0.15, 0.2) is 0 Å². The third-order valence-electron chi connectivity index (χ3n) is 18.4. The van der Waals surface area contributed by atoms with Gasteiger partial charge >= 0.3 is 0 Å². The van der Waals surface area contributed by atoms with Crippen LogP contribution in [-0.2, 0) is 10.8 Å². The third-order valence-corrected chi connectivity index (χ3v) is 18.4. The van der Waals surface area contributed by atoms with Gasteiger partial charge in [0.05, 0.1) is 5.69 Å². The van der Waals surface area contributed by atoms with Gasteiger partial charge in [-0.15, -0.1) is 0 Å². The molecule has 10 aliphatic carbocycles. The highest BCUT2D eigenvalue weighted by molar-refractivity contribution is 5.96. The van der Waals surface area contributed by atoms with E-state index in [-0.39, 0.29) is 10.8 Å². The second-order valence-electron chi connectivity index (χ2n) is 20.8. The largest absolute Gasteiger partial charge is 0.310 e. The Morgan fingerprint density at radius 2 is 0.881 bits per heavy atom. The van der Waals surface area contributed by atoms with Crippen LogP contribution in [0.1, 0.15) is 99.3 Å². The highest BCUT2D eigenvalue weighted by Gasteiger charge is 2.61. The van der Waals surface area contributed by atoms with Crippen molar-refractivity contribution < 1.29 is 0 Å². The molecule has 16 rings (SSSR count). The number of hydrogen-bond donors (Lipinski definition) is 0. The van der Waals surface area contributed by atoms with Crippen LogP contribution in [0.5, 0.6) is 0 Å². The molecule has 0 N–H and O–H groups in total. The van der Waals surface area contributed by atoms with Gasteiger partial charge in [-0.25, -0.2) is 0 Å². The van der Waals surface area contributed by atoms with Gasteiger partial charge in [-0.1, -0.05) is 122 Å². The highest BCUT2D eigenvalue weighted by atomic mass is 15.1. The molecule has 1 nitrogen and oxygen atoms in total. The average Bonchev–Trinajstić information content (AvgIpc) is 3.51. The predicted molar refractivity (Wildman–Crippen MR) is 242 cm³/mol. The third kappa shape index (κ3) is 4.48. The van der Waals surface area contributed by atoms with Crippen molar-refractivity contribution in [3.05, 3.63) is 162 Å². The lowest BCUT2D eigenvalue weighted by Gasteiger charge is -2.53. The van der Waals surface area contributed by atoms with Crippen LogP contribution >= 0.6 is 0 Å². The average molecular weight is 766 g/mol. The fourth-order valence-electron chi connectivity index (χ4n) is 16.8. The number of nitrogens with zero attached hydrogens (tertiary/aromatic N) is 1. The smallest absolute Gasteiger partial charge is 0.0543 e. The lowest BCUT2D eigenvalue weighted by atomic mass is 9.50. The standard InChI is InChI=1S/C58H55N/c1-2-9-40(10-3-1)41-19-23-46(24-20-41)59(47-25-26-49-48-11-4-6-13-51(48)58(54(49)35-47)43-22-18-37-28-39(32-43)34-45(58)30-37)55-16-8-15-53-56(55)50-12-5-7-14-52(50)57(53)42-21-17-36-27-38(31-42)33-44(57)29-36/h1-16,19-20,23-26,35-39,42-45H,17-18,21-22,27-34H2. The Morgan fingerprint density at radius 3 is 1.59 bits per heavy atom. The summed E-state index contributed by atoms with van der Waals surface area (Å²) in [5, 5.41) is 0. The Morgan fingerprint density at radius 1 is 0.356 bits per heavy atom. The molecule has 10 atom stereocenters. The summed E-state index contributed by atoms with van der Waals surface area (Å²) in [5.74, 6) is 6.60. The van der Waals surface area contributed by atoms with Gasteiger partial charge in [-0.05, 0) is 192 Å². The minimum absolute atomic E-state index is 0.115. The second kappa shape index (κ2) is 12.3. The molecule has 0 radical (unpaired) electrons. The molecular formula is C58H55N. The predicted octanol–water partition coefficient (Wildman–Crippen LogP) is 15.0. The Labute approximate surface area is 350 Å². The van der Waals surface area contributed by atoms with Crippen LogP contribution in [0.25, 0.3) is 33.4 Å². The first-order valence-electron chi connectivity index (χ1n) is 23.6. The van der Waals surface area contributed by atoms with Crippen LogP contribution < -0.4 is 4.90 Å². The van der Waals surface area contributed by atoms with Crippen molar-refractivity contribution in [2.75, 3.05) is 4.90 Å². The van der Waals surface area contributed by atoms with Crippen LogP contribution in [0.2, 0.25) is 0 Å². The van der Waals surface area contributed by atoms with Gasteiger partial charge in [0.25, 0.3) is 0 Å². The van der Waals surface area contributed by atoms with E-state index in [1.54, 1.807) is 22.3 Å². The van der Waals surface area contributed by atoms with E-state index in [0.717, 1.165) is 47.3 Å². The number of anilines is 3. The molecule has 292 valence electrons. The van der Waals surface area contributed by atoms with Crippen molar-refractivity contribution in [3.63, 3.8) is 0 Å². The number of fused-ring (bicyclic) bond motifs is 8. The zero-order valence-electron chi connectivity index (χ0n) is 34.3. The van der Waals surface area contributed by atoms with Gasteiger partial charge < -0.3 is 4.90 Å². The minimum atomic E-state index is 0.115. The summed E-state index contributed by atoms with van der Waals surface area (Å²) in [6, 6.07) is 55.2. The summed E-state index contributed by atoms with van der Waals surface area (Å²) >= 11 is 0. The van der Waals surface area contributed by atoms with Crippen LogP contribution in [0, 0.1) is 47.3 Å². The molecule has 0 heterocycles. The maximum Gasteiger partial charge on any atom is 0.0543 e. The lowest BCUT2D eigenvalue weighted by molar-refractivity contribution is 0.0618. The van der Waals surface area contributed by atoms with Crippen molar-refractivity contribution in [1.82, 2.24) is 0 Å². The van der Waals surface area contributed by atoms with Crippen molar-refractivity contribution >= 4 is 17.1 Å². The molecule has 8 saturated carbocycles. The molecule has 59 heavy (non-hydrogen) atoms. The van der Waals surface area contributed by atoms with Gasteiger partial charge in [0.1, 0.15) is 0 Å². The quantitative estimate of drug-likeness (QED) is 0.173. The van der Waals surface area contributed by atoms with E-state index in [4.69, 9.17) is 0 Å². The SMILES string of the molecule is c1ccc(-c2ccc(N(c3ccc4c(c3)C3(c5ccccc5-4)C4CCC5CC(C4)CC3C5)c3cccc4c3-c3ccccc3C43C4CCC5CC(C4)CC3C5)cc2)cc1. The summed E-state index contributed by atoms with van der Waals surface area (Å²) in [7, 11) is 0. The summed E-state index contributed by atoms with van der Waals surface area (Å²) in [5.41, 5.74) is 19.3. The fourth-order valence-corrected chi connectivity index (χ4v) is 16.8. The Bertz CT molecular complexity index is 2630. The monoisotopic (exact) mass is 765 g/mol. The Balaban J connectivity index is 1.00. The Kier molecular flexibility index (Phi) is 7.09. The number of hydrogen-bond acceptors (Lipinski definition) is 1. The van der Waals surface area contributed by atoms with E-state index < -0.39 is 0 Å². The van der Waals surface area contributed by atoms with E-state index in [1.165, 1.54) is 127 Å². The first kappa shape index (κ1) is 33.9. The van der Waals surface area contributed by atoms with Crippen molar-refractivity contribution in [2.45, 2.75) is 87.9 Å². The lowest BCUT2D eigenvalue weighted by Crippen LogP contribution is -2.48. The maximum absolute atomic E-state index is 2.73. The molecule has 1 heteroatoms. The molecule has 8 fully saturated rings. The van der Waals surface area contributed by atoms with Gasteiger partial charge in [0, 0.05) is 27.8 Å². The molecule has 6 aromatic rings. The van der Waals surface area contributed by atoms with E-state index in [1.807, 2.05) is 0 Å². The van der Waals surface area contributed by atoms with E-state index >= 15 is 0 Å². The minimum Gasteiger partial charge on any atom is -0.310 e. The Hall–Kier alpha value is -4.88. The van der Waals surface area contributed by atoms with Crippen LogP contribution in [-0.4, -0.2) is 0 Å². The van der Waals surface area contributed by atoms with E-state index in [9.17, 15) is 0 Å². The van der Waals surface area contributed by atoms with Crippen molar-refractivity contribution in [2.24, 2.45) is 47.3 Å². The maximum atomic E-state index is 2.73. The zero-order valence-corrected chi connectivity index (χ0v) is 34.3. The van der Waals surface area contributed by atoms with Crippen LogP contribution in [0.15, 0.2) is 140 Å². The van der Waals surface area contributed by atoms with E-state index in [2.05, 4.69) is 144 Å². The molecule has 10 unspecified atom stereocenters. The first-order chi connectivity index (χ1) is 29.2. The summed E-state index contributed by atoms with van der Waals surface area (Å²) in [6.45, 7) is 0. The summed E-state index contributed by atoms with van der Waals surface area (Å²) in [4.78, 5) is 2.70. The molecule has 0 aliphatic heterocycles. The molecule has 8 bridgehead atoms. The molecule has 0 saturated heterocycles. The van der Waals surface area contributed by atoms with E-state index in [0.29, 0.717) is 0 Å². The number of rotatable bonds is 4. The van der Waals surface area contributed by atoms with Crippen LogP contribution in [0.4, 0.5) is 17.1 Å². The molecule has 0 amide bonds. The van der Waals surface area contributed by atoms with Gasteiger partial charge in [-0.2, -0.15) is 0 Å². The van der Waals surface area contributed by atoms with Gasteiger partial charge in [-0.3, -0.25) is 0 Å². The first-order valence-corrected chi connectivity index (χ1v) is 23.6. The van der Waals surface area contributed by atoms with Gasteiger partial charge in [0.2, 0.25) is 0 Å². The summed E-state index contributed by atoms with van der Waals surface area (Å²) < 4.78 is 0.